The highest BCUT2D eigenvalue weighted by molar-refractivity contribution is 5.70. The van der Waals surface area contributed by atoms with Crippen LogP contribution in [0.1, 0.15) is 37.9 Å². The van der Waals surface area contributed by atoms with Gasteiger partial charge in [-0.25, -0.2) is 4.79 Å². The van der Waals surface area contributed by atoms with Crippen molar-refractivity contribution in [3.8, 4) is 0 Å². The van der Waals surface area contributed by atoms with Gasteiger partial charge in [0, 0.05) is 0 Å². The molecule has 4 rings (SSSR count). The lowest BCUT2D eigenvalue weighted by atomic mass is 9.84. The Morgan fingerprint density at radius 2 is 1.96 bits per heavy atom. The van der Waals surface area contributed by atoms with Crippen molar-refractivity contribution in [3.63, 3.8) is 0 Å². The zero-order valence-electron chi connectivity index (χ0n) is 13.3. The highest BCUT2D eigenvalue weighted by Gasteiger charge is 2.65. The lowest BCUT2D eigenvalue weighted by Crippen LogP contribution is -2.51. The first-order valence-corrected chi connectivity index (χ1v) is 8.52. The van der Waals surface area contributed by atoms with Crippen molar-refractivity contribution in [2.24, 2.45) is 5.92 Å². The number of morpholine rings is 1. The Morgan fingerprint density at radius 1 is 1.30 bits per heavy atom. The van der Waals surface area contributed by atoms with Crippen molar-refractivity contribution in [2.75, 3.05) is 6.61 Å². The van der Waals surface area contributed by atoms with Gasteiger partial charge in [0.1, 0.15) is 12.2 Å². The standard InChI is InChI=1S/C18H23NO4/c1-2-22-18(21)19-13-8-11(9-14(19)17-16(13)23-17)10-15(20)12-6-4-3-5-7-12/h3-7,11,13-17,20H,2,8-10H2,1H3/t11?,13?,14?,15?,16-,17+. The fourth-order valence-electron chi connectivity index (χ4n) is 4.38. The van der Waals surface area contributed by atoms with E-state index in [0.717, 1.165) is 24.8 Å². The monoisotopic (exact) mass is 317 g/mol. The molecule has 124 valence electrons. The fraction of sp³-hybridized carbons (Fsp3) is 0.611. The Labute approximate surface area is 136 Å². The molecule has 6 atom stereocenters. The zero-order valence-corrected chi connectivity index (χ0v) is 13.3. The summed E-state index contributed by atoms with van der Waals surface area (Å²) < 4.78 is 10.9. The van der Waals surface area contributed by atoms with E-state index in [2.05, 4.69) is 0 Å². The molecule has 3 fully saturated rings. The van der Waals surface area contributed by atoms with Gasteiger partial charge in [-0.2, -0.15) is 0 Å². The Balaban J connectivity index is 1.42. The zero-order chi connectivity index (χ0) is 16.0. The van der Waals surface area contributed by atoms with Crippen molar-refractivity contribution in [3.05, 3.63) is 35.9 Å². The van der Waals surface area contributed by atoms with Crippen molar-refractivity contribution in [1.82, 2.24) is 4.90 Å². The highest BCUT2D eigenvalue weighted by Crippen LogP contribution is 2.51. The first-order chi connectivity index (χ1) is 11.2. The van der Waals surface area contributed by atoms with E-state index in [0.29, 0.717) is 12.5 Å². The predicted octanol–water partition coefficient (Wildman–Crippen LogP) is 2.50. The average Bonchev–Trinajstić information content (AvgIpc) is 3.32. The van der Waals surface area contributed by atoms with Gasteiger partial charge in [-0.15, -0.1) is 0 Å². The normalized spacial score (nSPS) is 35.6. The van der Waals surface area contributed by atoms with Crippen LogP contribution in [0.4, 0.5) is 4.79 Å². The summed E-state index contributed by atoms with van der Waals surface area (Å²) in [4.78, 5) is 14.1. The van der Waals surface area contributed by atoms with E-state index < -0.39 is 6.10 Å². The van der Waals surface area contributed by atoms with E-state index in [-0.39, 0.29) is 30.4 Å². The number of piperidine rings is 1. The van der Waals surface area contributed by atoms with Crippen LogP contribution in [0.25, 0.3) is 0 Å². The SMILES string of the molecule is CCOC(=O)N1C2CC(CC(O)c3ccccc3)CC1[C@@H]1O[C@H]21. The average molecular weight is 317 g/mol. The molecule has 0 aromatic heterocycles. The molecular formula is C18H23NO4. The molecule has 0 aliphatic carbocycles. The Kier molecular flexibility index (Phi) is 3.77. The van der Waals surface area contributed by atoms with E-state index in [9.17, 15) is 9.90 Å². The molecule has 5 heteroatoms. The topological polar surface area (TPSA) is 62.3 Å². The van der Waals surface area contributed by atoms with Gasteiger partial charge < -0.3 is 14.6 Å². The van der Waals surface area contributed by atoms with E-state index in [4.69, 9.17) is 9.47 Å². The van der Waals surface area contributed by atoms with Gasteiger partial charge >= 0.3 is 6.09 Å². The Morgan fingerprint density at radius 3 is 2.57 bits per heavy atom. The molecule has 0 spiro atoms. The van der Waals surface area contributed by atoms with Crippen LogP contribution in [0.2, 0.25) is 0 Å². The number of carbonyl (C=O) groups is 1. The second kappa shape index (κ2) is 5.80. The smallest absolute Gasteiger partial charge is 0.410 e. The molecule has 1 N–H and O–H groups in total. The lowest BCUT2D eigenvalue weighted by Gasteiger charge is -2.40. The van der Waals surface area contributed by atoms with Crippen LogP contribution in [-0.4, -0.2) is 47.0 Å². The summed E-state index contributed by atoms with van der Waals surface area (Å²) in [7, 11) is 0. The first kappa shape index (κ1) is 15.0. The number of amides is 1. The van der Waals surface area contributed by atoms with Crippen molar-refractivity contribution >= 4 is 6.09 Å². The number of hydrogen-bond donors (Lipinski definition) is 1. The molecule has 1 aromatic carbocycles. The number of hydrogen-bond acceptors (Lipinski definition) is 4. The number of ether oxygens (including phenoxy) is 2. The van der Waals surface area contributed by atoms with Gasteiger partial charge in [-0.05, 0) is 37.7 Å². The molecule has 1 amide bonds. The third kappa shape index (κ3) is 2.62. The second-order valence-electron chi connectivity index (χ2n) is 6.81. The molecule has 4 unspecified atom stereocenters. The van der Waals surface area contributed by atoms with Gasteiger partial charge in [0.25, 0.3) is 0 Å². The summed E-state index contributed by atoms with van der Waals surface area (Å²) in [5.41, 5.74) is 0.967. The number of epoxide rings is 1. The molecule has 5 nitrogen and oxygen atoms in total. The summed E-state index contributed by atoms with van der Waals surface area (Å²) in [5, 5.41) is 10.5. The van der Waals surface area contributed by atoms with Crippen LogP contribution >= 0.6 is 0 Å². The van der Waals surface area contributed by atoms with E-state index in [1.807, 2.05) is 42.2 Å². The number of benzene rings is 1. The molecule has 3 saturated heterocycles. The van der Waals surface area contributed by atoms with Crippen LogP contribution in [0.5, 0.6) is 0 Å². The molecular weight excluding hydrogens is 294 g/mol. The molecule has 0 radical (unpaired) electrons. The molecule has 1 aromatic rings. The fourth-order valence-corrected chi connectivity index (χ4v) is 4.38. The third-order valence-electron chi connectivity index (χ3n) is 5.40. The first-order valence-electron chi connectivity index (χ1n) is 8.52. The molecule has 3 aliphatic rings. The predicted molar refractivity (Wildman–Crippen MR) is 83.8 cm³/mol. The van der Waals surface area contributed by atoms with Crippen molar-refractivity contribution in [2.45, 2.75) is 56.6 Å². The van der Waals surface area contributed by atoms with Crippen molar-refractivity contribution < 1.29 is 19.4 Å². The summed E-state index contributed by atoms with van der Waals surface area (Å²) in [6, 6.07) is 10.0. The molecule has 0 saturated carbocycles. The van der Waals surface area contributed by atoms with Gasteiger partial charge in [0.2, 0.25) is 0 Å². The van der Waals surface area contributed by atoms with Crippen LogP contribution in [0.3, 0.4) is 0 Å². The Bertz CT molecular complexity index is 560. The quantitative estimate of drug-likeness (QED) is 0.867. The summed E-state index contributed by atoms with van der Waals surface area (Å²) in [5.74, 6) is 0.419. The number of fused-ring (bicyclic) bond motifs is 5. The van der Waals surface area contributed by atoms with Crippen LogP contribution in [0, 0.1) is 5.92 Å². The third-order valence-corrected chi connectivity index (χ3v) is 5.40. The van der Waals surface area contributed by atoms with E-state index >= 15 is 0 Å². The minimum absolute atomic E-state index is 0.116. The minimum atomic E-state index is -0.438. The molecule has 3 heterocycles. The molecule has 23 heavy (non-hydrogen) atoms. The van der Waals surface area contributed by atoms with E-state index in [1.54, 1.807) is 0 Å². The summed E-state index contributed by atoms with van der Waals surface area (Å²) in [6.45, 7) is 2.24. The summed E-state index contributed by atoms with van der Waals surface area (Å²) >= 11 is 0. The van der Waals surface area contributed by atoms with Gasteiger partial charge in [-0.1, -0.05) is 30.3 Å². The van der Waals surface area contributed by atoms with E-state index in [1.165, 1.54) is 0 Å². The highest BCUT2D eigenvalue weighted by atomic mass is 16.6. The van der Waals surface area contributed by atoms with Gasteiger partial charge in [0.05, 0.1) is 24.8 Å². The molecule has 2 bridgehead atoms. The minimum Gasteiger partial charge on any atom is -0.450 e. The number of aliphatic hydroxyl groups is 1. The Hall–Kier alpha value is -1.59. The number of carbonyl (C=O) groups excluding carboxylic acids is 1. The lowest BCUT2D eigenvalue weighted by molar-refractivity contribution is 0.00751. The number of aliphatic hydroxyl groups excluding tert-OH is 1. The summed E-state index contributed by atoms with van der Waals surface area (Å²) in [6.07, 6.45) is 2.24. The number of rotatable bonds is 4. The maximum Gasteiger partial charge on any atom is 0.410 e. The van der Waals surface area contributed by atoms with Gasteiger partial charge in [0.15, 0.2) is 0 Å². The largest absolute Gasteiger partial charge is 0.450 e. The second-order valence-corrected chi connectivity index (χ2v) is 6.81. The van der Waals surface area contributed by atoms with Crippen molar-refractivity contribution in [1.29, 1.82) is 0 Å². The maximum absolute atomic E-state index is 12.2. The molecule has 3 aliphatic heterocycles. The van der Waals surface area contributed by atoms with Crippen LogP contribution < -0.4 is 0 Å². The number of nitrogens with zero attached hydrogens (tertiary/aromatic N) is 1. The maximum atomic E-state index is 12.2. The van der Waals surface area contributed by atoms with Crippen LogP contribution in [-0.2, 0) is 9.47 Å². The van der Waals surface area contributed by atoms with Crippen LogP contribution in [0.15, 0.2) is 30.3 Å². The van der Waals surface area contributed by atoms with Gasteiger partial charge in [-0.3, -0.25) is 4.90 Å².